The first-order valence-electron chi connectivity index (χ1n) is 7.33. The highest BCUT2D eigenvalue weighted by Gasteiger charge is 2.39. The van der Waals surface area contributed by atoms with Crippen LogP contribution in [0.25, 0.3) is 0 Å². The van der Waals surface area contributed by atoms with Gasteiger partial charge < -0.3 is 10.1 Å². The van der Waals surface area contributed by atoms with Gasteiger partial charge in [-0.25, -0.2) is 0 Å². The number of ether oxygens (including phenoxy) is 1. The van der Waals surface area contributed by atoms with Crippen LogP contribution >= 0.6 is 0 Å². The summed E-state index contributed by atoms with van der Waals surface area (Å²) < 4.78 is 6.14. The Kier molecular flexibility index (Phi) is 5.22. The highest BCUT2D eigenvalue weighted by molar-refractivity contribution is 4.91. The minimum absolute atomic E-state index is 0.0442. The van der Waals surface area contributed by atoms with Crippen LogP contribution in [0.3, 0.4) is 0 Å². The predicted molar refractivity (Wildman–Crippen MR) is 78.0 cm³/mol. The highest BCUT2D eigenvalue weighted by Crippen LogP contribution is 2.29. The van der Waals surface area contributed by atoms with Gasteiger partial charge in [0.25, 0.3) is 0 Å². The van der Waals surface area contributed by atoms with E-state index in [9.17, 15) is 0 Å². The molecule has 1 aliphatic heterocycles. The average molecular weight is 256 g/mol. The summed E-state index contributed by atoms with van der Waals surface area (Å²) in [5.41, 5.74) is -0.0884. The van der Waals surface area contributed by atoms with Gasteiger partial charge in [0.1, 0.15) is 0 Å². The Morgan fingerprint density at radius 1 is 1.11 bits per heavy atom. The van der Waals surface area contributed by atoms with Crippen LogP contribution in [0.5, 0.6) is 0 Å². The third-order valence-electron chi connectivity index (χ3n) is 3.59. The monoisotopic (exact) mass is 256 g/mol. The summed E-state index contributed by atoms with van der Waals surface area (Å²) in [6.07, 6.45) is 1.19. The van der Waals surface area contributed by atoms with E-state index < -0.39 is 0 Å². The minimum atomic E-state index is -0.0442. The maximum Gasteiger partial charge on any atom is 0.0760 e. The average Bonchev–Trinajstić information content (AvgIpc) is 2.12. The lowest BCUT2D eigenvalue weighted by Gasteiger charge is -2.49. The minimum Gasteiger partial charge on any atom is -0.367 e. The van der Waals surface area contributed by atoms with Crippen molar-refractivity contribution < 1.29 is 4.74 Å². The van der Waals surface area contributed by atoms with Gasteiger partial charge in [0.05, 0.1) is 11.2 Å². The highest BCUT2D eigenvalue weighted by atomic mass is 16.5. The van der Waals surface area contributed by atoms with Crippen molar-refractivity contribution in [1.82, 2.24) is 10.2 Å². The Hall–Kier alpha value is -0.120. The summed E-state index contributed by atoms with van der Waals surface area (Å²) in [5.74, 6) is 0. The van der Waals surface area contributed by atoms with E-state index in [1.54, 1.807) is 0 Å². The van der Waals surface area contributed by atoms with Crippen molar-refractivity contribution in [3.8, 4) is 0 Å². The van der Waals surface area contributed by atoms with Crippen LogP contribution < -0.4 is 5.32 Å². The van der Waals surface area contributed by atoms with Gasteiger partial charge in [-0.05, 0) is 54.5 Å². The molecule has 0 spiro atoms. The van der Waals surface area contributed by atoms with Crippen LogP contribution in [0.4, 0.5) is 0 Å². The molecule has 0 saturated carbocycles. The zero-order valence-electron chi connectivity index (χ0n) is 13.3. The van der Waals surface area contributed by atoms with Gasteiger partial charge in [-0.3, -0.25) is 4.90 Å². The zero-order valence-corrected chi connectivity index (χ0v) is 13.3. The fourth-order valence-electron chi connectivity index (χ4n) is 3.25. The van der Waals surface area contributed by atoms with Crippen molar-refractivity contribution in [2.45, 2.75) is 78.2 Å². The van der Waals surface area contributed by atoms with Crippen LogP contribution in [-0.2, 0) is 4.74 Å². The van der Waals surface area contributed by atoms with Gasteiger partial charge in [-0.2, -0.15) is 0 Å². The first-order chi connectivity index (χ1) is 8.15. The third-order valence-corrected chi connectivity index (χ3v) is 3.59. The van der Waals surface area contributed by atoms with Crippen molar-refractivity contribution in [1.29, 1.82) is 0 Å². The molecule has 0 amide bonds. The molecule has 1 heterocycles. The topological polar surface area (TPSA) is 24.5 Å². The smallest absolute Gasteiger partial charge is 0.0760 e. The molecule has 2 atom stereocenters. The van der Waals surface area contributed by atoms with Gasteiger partial charge in [-0.1, -0.05) is 6.92 Å². The summed E-state index contributed by atoms with van der Waals surface area (Å²) in [7, 11) is 0. The molecule has 18 heavy (non-hydrogen) atoms. The van der Waals surface area contributed by atoms with Crippen LogP contribution in [0.2, 0.25) is 0 Å². The summed E-state index contributed by atoms with van der Waals surface area (Å²) in [6, 6.07) is 1.18. The van der Waals surface area contributed by atoms with Gasteiger partial charge in [0.15, 0.2) is 0 Å². The first kappa shape index (κ1) is 15.9. The molecule has 1 saturated heterocycles. The number of rotatable bonds is 5. The van der Waals surface area contributed by atoms with Crippen molar-refractivity contribution in [3.63, 3.8) is 0 Å². The molecule has 3 heteroatoms. The Morgan fingerprint density at radius 3 is 2.06 bits per heavy atom. The maximum absolute atomic E-state index is 6.14. The summed E-state index contributed by atoms with van der Waals surface area (Å²) in [6.45, 7) is 18.7. The summed E-state index contributed by atoms with van der Waals surface area (Å²) >= 11 is 0. The molecule has 0 radical (unpaired) electrons. The molecule has 0 bridgehead atoms. The second-order valence-electron chi connectivity index (χ2n) is 7.07. The van der Waals surface area contributed by atoms with E-state index in [2.05, 4.69) is 58.7 Å². The van der Waals surface area contributed by atoms with Crippen molar-refractivity contribution in [3.05, 3.63) is 0 Å². The van der Waals surface area contributed by atoms with E-state index >= 15 is 0 Å². The second-order valence-corrected chi connectivity index (χ2v) is 7.07. The predicted octanol–water partition coefficient (Wildman–Crippen LogP) is 2.65. The van der Waals surface area contributed by atoms with E-state index in [1.807, 2.05) is 0 Å². The van der Waals surface area contributed by atoms with Gasteiger partial charge in [0, 0.05) is 25.2 Å². The zero-order chi connectivity index (χ0) is 14.0. The van der Waals surface area contributed by atoms with E-state index in [0.29, 0.717) is 12.1 Å². The molecule has 1 rings (SSSR count). The van der Waals surface area contributed by atoms with Crippen LogP contribution in [0, 0.1) is 0 Å². The molecular weight excluding hydrogens is 224 g/mol. The molecule has 0 aromatic carbocycles. The summed E-state index contributed by atoms with van der Waals surface area (Å²) in [5, 5.41) is 3.50. The molecule has 1 N–H and O–H groups in total. The van der Waals surface area contributed by atoms with E-state index in [4.69, 9.17) is 4.74 Å². The molecule has 3 nitrogen and oxygen atoms in total. The number of hydrogen-bond donors (Lipinski definition) is 1. The summed E-state index contributed by atoms with van der Waals surface area (Å²) in [4.78, 5) is 2.58. The Morgan fingerprint density at radius 2 is 1.61 bits per heavy atom. The number of nitrogens with zero attached hydrogens (tertiary/aromatic N) is 1. The molecule has 1 fully saturated rings. The fraction of sp³-hybridized carbons (Fsp3) is 1.00. The molecule has 0 aromatic heterocycles. The number of hydrogen-bond acceptors (Lipinski definition) is 3. The molecule has 1 aliphatic rings. The molecule has 2 unspecified atom stereocenters. The van der Waals surface area contributed by atoms with Gasteiger partial charge in [0.2, 0.25) is 0 Å². The van der Waals surface area contributed by atoms with E-state index in [0.717, 1.165) is 19.6 Å². The third kappa shape index (κ3) is 4.87. The molecular formula is C15H32N2O. The van der Waals surface area contributed by atoms with E-state index in [1.165, 1.54) is 6.42 Å². The van der Waals surface area contributed by atoms with Gasteiger partial charge >= 0.3 is 0 Å². The standard InChI is InChI=1S/C15H32N2O/c1-8-16-12(2)9-13(3)17-10-14(4,5)18-15(6,7)11-17/h12-13,16H,8-11H2,1-7H3. The molecule has 0 aliphatic carbocycles. The van der Waals surface area contributed by atoms with E-state index in [-0.39, 0.29) is 11.2 Å². The largest absolute Gasteiger partial charge is 0.367 e. The Bertz CT molecular complexity index is 247. The van der Waals surface area contributed by atoms with Crippen LogP contribution in [0.15, 0.2) is 0 Å². The lowest BCUT2D eigenvalue weighted by atomic mass is 9.96. The number of morpholine rings is 1. The normalized spacial score (nSPS) is 26.8. The fourth-order valence-corrected chi connectivity index (χ4v) is 3.25. The quantitative estimate of drug-likeness (QED) is 0.818. The Labute approximate surface area is 113 Å². The van der Waals surface area contributed by atoms with Crippen molar-refractivity contribution in [2.75, 3.05) is 19.6 Å². The molecule has 108 valence electrons. The van der Waals surface area contributed by atoms with Crippen molar-refractivity contribution >= 4 is 0 Å². The first-order valence-corrected chi connectivity index (χ1v) is 7.33. The number of nitrogens with one attached hydrogen (secondary N) is 1. The Balaban J connectivity index is 2.59. The van der Waals surface area contributed by atoms with Gasteiger partial charge in [-0.15, -0.1) is 0 Å². The lowest BCUT2D eigenvalue weighted by molar-refractivity contribution is -0.187. The maximum atomic E-state index is 6.14. The van der Waals surface area contributed by atoms with Crippen molar-refractivity contribution in [2.24, 2.45) is 0 Å². The van der Waals surface area contributed by atoms with Crippen LogP contribution in [-0.4, -0.2) is 47.8 Å². The second kappa shape index (κ2) is 5.89. The SMILES string of the molecule is CCNC(C)CC(C)N1CC(C)(C)OC(C)(C)C1. The molecule has 0 aromatic rings. The van der Waals surface area contributed by atoms with Crippen LogP contribution in [0.1, 0.15) is 54.9 Å². The lowest BCUT2D eigenvalue weighted by Crippen LogP contribution is -2.59.